The van der Waals surface area contributed by atoms with Gasteiger partial charge in [-0.2, -0.15) is 13.5 Å². The summed E-state index contributed by atoms with van der Waals surface area (Å²) in [5, 5.41) is 3.80. The van der Waals surface area contributed by atoms with Crippen molar-refractivity contribution in [1.82, 2.24) is 4.83 Å². The first-order valence-electron chi connectivity index (χ1n) is 8.65. The summed E-state index contributed by atoms with van der Waals surface area (Å²) in [6, 6.07) is 19.3. The molecule has 30 heavy (non-hydrogen) atoms. The molecule has 7 nitrogen and oxygen atoms in total. The van der Waals surface area contributed by atoms with E-state index in [0.29, 0.717) is 21.3 Å². The second kappa shape index (κ2) is 9.55. The lowest BCUT2D eigenvalue weighted by atomic mass is 10.2. The minimum Gasteiger partial charge on any atom is -0.497 e. The van der Waals surface area contributed by atoms with Crippen LogP contribution in [0.5, 0.6) is 11.5 Å². The maximum atomic E-state index is 12.4. The van der Waals surface area contributed by atoms with Gasteiger partial charge in [0.25, 0.3) is 10.0 Å². The summed E-state index contributed by atoms with van der Waals surface area (Å²) in [6.07, 6.45) is 1.27. The molecular weight excluding hydrogens is 472 g/mol. The molecule has 0 aliphatic carbocycles. The molecule has 0 unspecified atom stereocenters. The zero-order valence-electron chi connectivity index (χ0n) is 15.8. The van der Waals surface area contributed by atoms with E-state index in [4.69, 9.17) is 9.47 Å². The third kappa shape index (κ3) is 5.46. The Kier molecular flexibility index (Phi) is 6.86. The van der Waals surface area contributed by atoms with E-state index in [9.17, 15) is 13.2 Å². The van der Waals surface area contributed by atoms with Gasteiger partial charge in [-0.05, 0) is 54.6 Å². The van der Waals surface area contributed by atoms with E-state index in [2.05, 4.69) is 25.9 Å². The number of ether oxygens (including phenoxy) is 2. The minimum absolute atomic E-state index is 0.0857. The van der Waals surface area contributed by atoms with Crippen molar-refractivity contribution in [2.24, 2.45) is 5.10 Å². The summed E-state index contributed by atoms with van der Waals surface area (Å²) >= 11 is 3.34. The van der Waals surface area contributed by atoms with Gasteiger partial charge in [-0.1, -0.05) is 34.1 Å². The number of rotatable bonds is 7. The van der Waals surface area contributed by atoms with Gasteiger partial charge in [-0.15, -0.1) is 0 Å². The Morgan fingerprint density at radius 3 is 2.40 bits per heavy atom. The number of halogens is 1. The highest BCUT2D eigenvalue weighted by Gasteiger charge is 2.13. The number of benzene rings is 3. The standard InChI is InChI=1S/C21H17BrN2O5S/c1-28-18-10-7-15(8-11-18)21(25)29-20-12-9-17(22)13-16(20)14-23-24-30(26,27)19-5-3-2-4-6-19/h2-14,24H,1H3. The van der Waals surface area contributed by atoms with Crippen LogP contribution in [0.4, 0.5) is 0 Å². The monoisotopic (exact) mass is 488 g/mol. The van der Waals surface area contributed by atoms with Gasteiger partial charge in [-0.3, -0.25) is 0 Å². The van der Waals surface area contributed by atoms with E-state index >= 15 is 0 Å². The van der Waals surface area contributed by atoms with Crippen molar-refractivity contribution in [1.29, 1.82) is 0 Å². The van der Waals surface area contributed by atoms with Crippen LogP contribution in [0.3, 0.4) is 0 Å². The number of nitrogens with one attached hydrogen (secondary N) is 1. The van der Waals surface area contributed by atoms with Crippen molar-refractivity contribution in [3.05, 3.63) is 88.4 Å². The van der Waals surface area contributed by atoms with Crippen LogP contribution in [0.2, 0.25) is 0 Å². The largest absolute Gasteiger partial charge is 0.497 e. The van der Waals surface area contributed by atoms with Crippen LogP contribution < -0.4 is 14.3 Å². The van der Waals surface area contributed by atoms with Crippen LogP contribution in [-0.2, 0) is 10.0 Å². The van der Waals surface area contributed by atoms with E-state index in [1.165, 1.54) is 25.5 Å². The first kappa shape index (κ1) is 21.5. The molecule has 0 spiro atoms. The van der Waals surface area contributed by atoms with Crippen molar-refractivity contribution >= 4 is 38.1 Å². The number of hydrazone groups is 1. The molecule has 0 amide bonds. The Bertz CT molecular complexity index is 1160. The zero-order chi connectivity index (χ0) is 21.6. The van der Waals surface area contributed by atoms with Crippen LogP contribution in [0, 0.1) is 0 Å². The Balaban J connectivity index is 1.78. The van der Waals surface area contributed by atoms with Gasteiger partial charge in [0, 0.05) is 10.0 Å². The molecule has 0 aliphatic rings. The van der Waals surface area contributed by atoms with Gasteiger partial charge in [0.2, 0.25) is 0 Å². The molecular formula is C21H17BrN2O5S. The number of methoxy groups -OCH3 is 1. The number of carbonyl (C=O) groups excluding carboxylic acids is 1. The smallest absolute Gasteiger partial charge is 0.343 e. The quantitative estimate of drug-likeness (QED) is 0.235. The minimum atomic E-state index is -3.81. The lowest BCUT2D eigenvalue weighted by molar-refractivity contribution is 0.0734. The van der Waals surface area contributed by atoms with E-state index in [1.54, 1.807) is 60.7 Å². The molecule has 0 saturated carbocycles. The topological polar surface area (TPSA) is 94.1 Å². The number of esters is 1. The highest BCUT2D eigenvalue weighted by molar-refractivity contribution is 9.10. The summed E-state index contributed by atoms with van der Waals surface area (Å²) in [5.74, 6) is 0.273. The van der Waals surface area contributed by atoms with Crippen molar-refractivity contribution < 1.29 is 22.7 Å². The molecule has 0 atom stereocenters. The van der Waals surface area contributed by atoms with Crippen LogP contribution in [-0.4, -0.2) is 27.7 Å². The fourth-order valence-corrected chi connectivity index (χ4v) is 3.61. The lowest BCUT2D eigenvalue weighted by Gasteiger charge is -2.09. The summed E-state index contributed by atoms with van der Waals surface area (Å²) in [7, 11) is -2.27. The van der Waals surface area contributed by atoms with Gasteiger partial charge < -0.3 is 9.47 Å². The van der Waals surface area contributed by atoms with Crippen LogP contribution >= 0.6 is 15.9 Å². The maximum absolute atomic E-state index is 12.4. The number of carbonyl (C=O) groups is 1. The average molecular weight is 489 g/mol. The van der Waals surface area contributed by atoms with Crippen molar-refractivity contribution in [3.8, 4) is 11.5 Å². The highest BCUT2D eigenvalue weighted by Crippen LogP contribution is 2.23. The first-order valence-corrected chi connectivity index (χ1v) is 10.9. The molecule has 0 saturated heterocycles. The molecule has 3 aromatic carbocycles. The number of hydrogen-bond donors (Lipinski definition) is 1. The predicted octanol–water partition coefficient (Wildman–Crippen LogP) is 3.99. The van der Waals surface area contributed by atoms with Crippen molar-refractivity contribution in [3.63, 3.8) is 0 Å². The molecule has 154 valence electrons. The van der Waals surface area contributed by atoms with Gasteiger partial charge in [0.15, 0.2) is 0 Å². The third-order valence-electron chi connectivity index (χ3n) is 3.93. The van der Waals surface area contributed by atoms with Gasteiger partial charge >= 0.3 is 5.97 Å². The Morgan fingerprint density at radius 1 is 1.03 bits per heavy atom. The van der Waals surface area contributed by atoms with Gasteiger partial charge in [-0.25, -0.2) is 9.63 Å². The number of sulfonamides is 1. The molecule has 1 N–H and O–H groups in total. The van der Waals surface area contributed by atoms with E-state index in [0.717, 1.165) is 0 Å². The fraction of sp³-hybridized carbons (Fsp3) is 0.0476. The number of nitrogens with zero attached hydrogens (tertiary/aromatic N) is 1. The van der Waals surface area contributed by atoms with Crippen LogP contribution in [0.1, 0.15) is 15.9 Å². The van der Waals surface area contributed by atoms with E-state index in [1.807, 2.05) is 0 Å². The SMILES string of the molecule is COc1ccc(C(=O)Oc2ccc(Br)cc2C=NNS(=O)(=O)c2ccccc2)cc1. The van der Waals surface area contributed by atoms with Crippen LogP contribution in [0.15, 0.2) is 87.3 Å². The molecule has 0 aromatic heterocycles. The summed E-state index contributed by atoms with van der Waals surface area (Å²) in [6.45, 7) is 0. The first-order chi connectivity index (χ1) is 14.4. The van der Waals surface area contributed by atoms with Crippen LogP contribution in [0.25, 0.3) is 0 Å². The van der Waals surface area contributed by atoms with Gasteiger partial charge in [0.1, 0.15) is 11.5 Å². The lowest BCUT2D eigenvalue weighted by Crippen LogP contribution is -2.18. The molecule has 0 heterocycles. The average Bonchev–Trinajstić information content (AvgIpc) is 2.76. The molecule has 0 bridgehead atoms. The van der Waals surface area contributed by atoms with Crippen molar-refractivity contribution in [2.75, 3.05) is 7.11 Å². The zero-order valence-corrected chi connectivity index (χ0v) is 18.2. The summed E-state index contributed by atoms with van der Waals surface area (Å²) in [4.78, 5) is 14.7. The van der Waals surface area contributed by atoms with E-state index in [-0.39, 0.29) is 10.6 Å². The molecule has 9 heteroatoms. The Labute approximate surface area is 182 Å². The third-order valence-corrected chi connectivity index (χ3v) is 5.66. The Morgan fingerprint density at radius 2 is 1.73 bits per heavy atom. The molecule has 0 fully saturated rings. The molecule has 0 radical (unpaired) electrons. The van der Waals surface area contributed by atoms with E-state index < -0.39 is 16.0 Å². The maximum Gasteiger partial charge on any atom is 0.343 e. The molecule has 3 rings (SSSR count). The Hall–Kier alpha value is -3.17. The normalized spacial score (nSPS) is 11.3. The van der Waals surface area contributed by atoms with Gasteiger partial charge in [0.05, 0.1) is 23.8 Å². The fourth-order valence-electron chi connectivity index (χ4n) is 2.42. The second-order valence-electron chi connectivity index (χ2n) is 5.97. The molecule has 0 aliphatic heterocycles. The second-order valence-corrected chi connectivity index (χ2v) is 8.54. The van der Waals surface area contributed by atoms with Crippen molar-refractivity contribution in [2.45, 2.75) is 4.90 Å². The highest BCUT2D eigenvalue weighted by atomic mass is 79.9. The summed E-state index contributed by atoms with van der Waals surface area (Å²) < 4.78 is 35.8. The summed E-state index contributed by atoms with van der Waals surface area (Å²) in [5.41, 5.74) is 0.744. The number of hydrogen-bond acceptors (Lipinski definition) is 6. The molecule has 3 aromatic rings. The predicted molar refractivity (Wildman–Crippen MR) is 116 cm³/mol.